The van der Waals surface area contributed by atoms with Gasteiger partial charge in [0.25, 0.3) is 0 Å². The molecule has 17 heavy (non-hydrogen) atoms. The van der Waals surface area contributed by atoms with Crippen molar-refractivity contribution in [1.29, 1.82) is 0 Å². The van der Waals surface area contributed by atoms with E-state index in [1.165, 1.54) is 0 Å². The first-order valence-corrected chi connectivity index (χ1v) is 5.84. The number of benzene rings is 1. The monoisotopic (exact) mass is 227 g/mol. The van der Waals surface area contributed by atoms with Crippen molar-refractivity contribution in [2.24, 2.45) is 5.41 Å². The maximum absolute atomic E-state index is 12.1. The third kappa shape index (κ3) is 2.90. The number of nitrogens with zero attached hydrogens (tertiary/aromatic N) is 1. The van der Waals surface area contributed by atoms with Crippen molar-refractivity contribution >= 4 is 16.7 Å². The summed E-state index contributed by atoms with van der Waals surface area (Å²) in [6, 6.07) is 9.77. The average molecular weight is 227 g/mol. The zero-order chi connectivity index (χ0) is 12.5. The van der Waals surface area contributed by atoms with Gasteiger partial charge in [0.2, 0.25) is 0 Å². The molecule has 0 unspecified atom stereocenters. The summed E-state index contributed by atoms with van der Waals surface area (Å²) < 4.78 is 0. The molecule has 0 aliphatic rings. The van der Waals surface area contributed by atoms with Gasteiger partial charge in [0.05, 0.1) is 5.52 Å². The summed E-state index contributed by atoms with van der Waals surface area (Å²) in [5.41, 5.74) is 1.65. The lowest BCUT2D eigenvalue weighted by Crippen LogP contribution is -2.13. The fourth-order valence-corrected chi connectivity index (χ4v) is 1.81. The van der Waals surface area contributed by atoms with Crippen LogP contribution < -0.4 is 0 Å². The summed E-state index contributed by atoms with van der Waals surface area (Å²) in [6.45, 7) is 6.21. The highest BCUT2D eigenvalue weighted by Crippen LogP contribution is 2.22. The van der Waals surface area contributed by atoms with E-state index in [4.69, 9.17) is 0 Å². The normalized spacial score (nSPS) is 11.7. The van der Waals surface area contributed by atoms with Gasteiger partial charge in [0.1, 0.15) is 0 Å². The van der Waals surface area contributed by atoms with Gasteiger partial charge in [0, 0.05) is 23.6 Å². The van der Waals surface area contributed by atoms with Crippen LogP contribution in [0.2, 0.25) is 0 Å². The van der Waals surface area contributed by atoms with Gasteiger partial charge in [-0.05, 0) is 17.5 Å². The maximum Gasteiger partial charge on any atom is 0.164 e. The Balaban J connectivity index is 2.33. The Labute approximate surface area is 102 Å². The van der Waals surface area contributed by atoms with Crippen molar-refractivity contribution in [3.63, 3.8) is 0 Å². The molecular formula is C15H17NO. The fourth-order valence-electron chi connectivity index (χ4n) is 1.81. The Hall–Kier alpha value is -1.70. The van der Waals surface area contributed by atoms with Crippen molar-refractivity contribution in [1.82, 2.24) is 4.98 Å². The van der Waals surface area contributed by atoms with Crippen LogP contribution in [0.3, 0.4) is 0 Å². The van der Waals surface area contributed by atoms with Crippen molar-refractivity contribution in [2.75, 3.05) is 0 Å². The summed E-state index contributed by atoms with van der Waals surface area (Å²) in [6.07, 6.45) is 2.23. The first-order valence-electron chi connectivity index (χ1n) is 5.84. The number of ketones is 1. The standard InChI is InChI=1S/C15H17NO/c1-15(2,3)9-14(17)12-8-11-6-4-5-7-13(11)16-10-12/h4-8,10H,9H2,1-3H3. The summed E-state index contributed by atoms with van der Waals surface area (Å²) in [5.74, 6) is 0.163. The molecule has 1 heterocycles. The second kappa shape index (κ2) is 4.28. The first-order chi connectivity index (χ1) is 7.96. The number of rotatable bonds is 2. The third-order valence-corrected chi connectivity index (χ3v) is 2.60. The molecule has 2 heteroatoms. The van der Waals surface area contributed by atoms with E-state index in [-0.39, 0.29) is 11.2 Å². The average Bonchev–Trinajstić information content (AvgIpc) is 2.26. The molecule has 1 aromatic carbocycles. The molecule has 1 aromatic heterocycles. The van der Waals surface area contributed by atoms with Crippen LogP contribution in [0.5, 0.6) is 0 Å². The number of hydrogen-bond acceptors (Lipinski definition) is 2. The van der Waals surface area contributed by atoms with E-state index in [2.05, 4.69) is 25.8 Å². The van der Waals surface area contributed by atoms with E-state index in [9.17, 15) is 4.79 Å². The van der Waals surface area contributed by atoms with Gasteiger partial charge < -0.3 is 0 Å². The minimum absolute atomic E-state index is 0.0166. The molecule has 2 aromatic rings. The quantitative estimate of drug-likeness (QED) is 0.729. The molecule has 0 bridgehead atoms. The predicted octanol–water partition coefficient (Wildman–Crippen LogP) is 3.85. The third-order valence-electron chi connectivity index (χ3n) is 2.60. The second-order valence-electron chi connectivity index (χ2n) is 5.58. The van der Waals surface area contributed by atoms with Crippen LogP contribution in [0.25, 0.3) is 10.9 Å². The van der Waals surface area contributed by atoms with Gasteiger partial charge in [-0.1, -0.05) is 39.0 Å². The van der Waals surface area contributed by atoms with Crippen LogP contribution in [-0.2, 0) is 0 Å². The lowest BCUT2D eigenvalue weighted by molar-refractivity contribution is 0.0939. The molecule has 0 amide bonds. The molecule has 0 atom stereocenters. The minimum atomic E-state index is 0.0166. The minimum Gasteiger partial charge on any atom is -0.294 e. The number of carbonyl (C=O) groups is 1. The van der Waals surface area contributed by atoms with Crippen LogP contribution >= 0.6 is 0 Å². The molecule has 0 spiro atoms. The lowest BCUT2D eigenvalue weighted by Gasteiger charge is -2.16. The number of pyridine rings is 1. The molecule has 0 N–H and O–H groups in total. The molecular weight excluding hydrogens is 210 g/mol. The fraction of sp³-hybridized carbons (Fsp3) is 0.333. The summed E-state index contributed by atoms with van der Waals surface area (Å²) in [7, 11) is 0. The van der Waals surface area contributed by atoms with E-state index in [1.54, 1.807) is 6.20 Å². The zero-order valence-electron chi connectivity index (χ0n) is 10.5. The van der Waals surface area contributed by atoms with Gasteiger partial charge >= 0.3 is 0 Å². The summed E-state index contributed by atoms with van der Waals surface area (Å²) in [5, 5.41) is 1.02. The van der Waals surface area contributed by atoms with Crippen LogP contribution in [0.15, 0.2) is 36.5 Å². The van der Waals surface area contributed by atoms with Gasteiger partial charge in [-0.3, -0.25) is 9.78 Å². The van der Waals surface area contributed by atoms with Gasteiger partial charge in [-0.15, -0.1) is 0 Å². The van der Waals surface area contributed by atoms with Crippen molar-refractivity contribution in [3.8, 4) is 0 Å². The van der Waals surface area contributed by atoms with E-state index < -0.39 is 0 Å². The SMILES string of the molecule is CC(C)(C)CC(=O)c1cnc2ccccc2c1. The molecule has 0 aliphatic carbocycles. The van der Waals surface area contributed by atoms with Crippen molar-refractivity contribution in [3.05, 3.63) is 42.1 Å². The summed E-state index contributed by atoms with van der Waals surface area (Å²) >= 11 is 0. The number of para-hydroxylation sites is 1. The molecule has 88 valence electrons. The van der Waals surface area contributed by atoms with E-state index >= 15 is 0 Å². The van der Waals surface area contributed by atoms with Gasteiger partial charge in [-0.2, -0.15) is 0 Å². The van der Waals surface area contributed by atoms with E-state index in [0.29, 0.717) is 12.0 Å². The van der Waals surface area contributed by atoms with Gasteiger partial charge in [0.15, 0.2) is 5.78 Å². The predicted molar refractivity (Wildman–Crippen MR) is 70.1 cm³/mol. The Morgan fingerprint density at radius 1 is 1.24 bits per heavy atom. The van der Waals surface area contributed by atoms with Crippen molar-refractivity contribution < 1.29 is 4.79 Å². The zero-order valence-corrected chi connectivity index (χ0v) is 10.5. The molecule has 0 aliphatic heterocycles. The van der Waals surface area contributed by atoms with Crippen LogP contribution in [0.4, 0.5) is 0 Å². The number of fused-ring (bicyclic) bond motifs is 1. The molecule has 0 fully saturated rings. The molecule has 2 rings (SSSR count). The Bertz CT molecular complexity index is 552. The number of aromatic nitrogens is 1. The Morgan fingerprint density at radius 3 is 2.65 bits per heavy atom. The number of hydrogen-bond donors (Lipinski definition) is 0. The van der Waals surface area contributed by atoms with Crippen molar-refractivity contribution in [2.45, 2.75) is 27.2 Å². The Kier molecular flexibility index (Phi) is 2.97. The van der Waals surface area contributed by atoms with Crippen LogP contribution in [-0.4, -0.2) is 10.8 Å². The summed E-state index contributed by atoms with van der Waals surface area (Å²) in [4.78, 5) is 16.4. The van der Waals surface area contributed by atoms with E-state index in [0.717, 1.165) is 10.9 Å². The van der Waals surface area contributed by atoms with Crippen LogP contribution in [0.1, 0.15) is 37.6 Å². The lowest BCUT2D eigenvalue weighted by atomic mass is 9.88. The van der Waals surface area contributed by atoms with Crippen LogP contribution in [0, 0.1) is 5.41 Å². The highest BCUT2D eigenvalue weighted by molar-refractivity contribution is 5.99. The largest absolute Gasteiger partial charge is 0.294 e. The highest BCUT2D eigenvalue weighted by atomic mass is 16.1. The Morgan fingerprint density at radius 2 is 1.94 bits per heavy atom. The first kappa shape index (κ1) is 11.8. The molecule has 0 radical (unpaired) electrons. The second-order valence-corrected chi connectivity index (χ2v) is 5.58. The molecule has 2 nitrogen and oxygen atoms in total. The number of Topliss-reactive ketones (excluding diaryl/α,β-unsaturated/α-hetero) is 1. The van der Waals surface area contributed by atoms with Gasteiger partial charge in [-0.25, -0.2) is 0 Å². The highest BCUT2D eigenvalue weighted by Gasteiger charge is 2.17. The molecule has 0 saturated carbocycles. The topological polar surface area (TPSA) is 30.0 Å². The number of carbonyl (C=O) groups excluding carboxylic acids is 1. The smallest absolute Gasteiger partial charge is 0.164 e. The molecule has 0 saturated heterocycles. The maximum atomic E-state index is 12.1. The van der Waals surface area contributed by atoms with E-state index in [1.807, 2.05) is 30.3 Å².